The topological polar surface area (TPSA) is 73.1 Å². The zero-order chi connectivity index (χ0) is 14.3. The second-order valence-corrected chi connectivity index (χ2v) is 6.01. The summed E-state index contributed by atoms with van der Waals surface area (Å²) < 4.78 is 0. The van der Waals surface area contributed by atoms with Gasteiger partial charge in [-0.25, -0.2) is 0 Å². The Balaban J connectivity index is 1.82. The molecule has 1 aromatic rings. The molecule has 2 aliphatic carbocycles. The van der Waals surface area contributed by atoms with E-state index in [0.29, 0.717) is 17.4 Å². The van der Waals surface area contributed by atoms with Crippen LogP contribution in [-0.2, 0) is 4.79 Å². The molecule has 0 aliphatic heterocycles. The second kappa shape index (κ2) is 4.82. The Bertz CT molecular complexity index is 591. The van der Waals surface area contributed by atoms with Gasteiger partial charge in [0.05, 0.1) is 17.6 Å². The molecular formula is C16H18N2O2. The van der Waals surface area contributed by atoms with Gasteiger partial charge in [0.25, 0.3) is 0 Å². The summed E-state index contributed by atoms with van der Waals surface area (Å²) in [5.41, 5.74) is 2.51. The number of aliphatic carboxylic acids is 1. The SMILES string of the molecule is Cc1cc(NC2C3CCC(C3)C2C(=O)O)ccc1C#N. The van der Waals surface area contributed by atoms with Crippen LogP contribution in [0.15, 0.2) is 18.2 Å². The first-order chi connectivity index (χ1) is 9.60. The number of hydrogen-bond donors (Lipinski definition) is 2. The molecule has 0 saturated heterocycles. The summed E-state index contributed by atoms with van der Waals surface area (Å²) in [6, 6.07) is 7.77. The Morgan fingerprint density at radius 2 is 2.15 bits per heavy atom. The summed E-state index contributed by atoms with van der Waals surface area (Å²) in [4.78, 5) is 11.5. The van der Waals surface area contributed by atoms with E-state index in [2.05, 4.69) is 11.4 Å². The predicted octanol–water partition coefficient (Wildman–Crippen LogP) is 2.78. The van der Waals surface area contributed by atoms with E-state index in [4.69, 9.17) is 5.26 Å². The van der Waals surface area contributed by atoms with Crippen LogP contribution in [0.25, 0.3) is 0 Å². The minimum Gasteiger partial charge on any atom is -0.481 e. The second-order valence-electron chi connectivity index (χ2n) is 6.01. The van der Waals surface area contributed by atoms with E-state index in [0.717, 1.165) is 30.5 Å². The third kappa shape index (κ3) is 2.03. The van der Waals surface area contributed by atoms with E-state index in [1.165, 1.54) is 0 Å². The van der Waals surface area contributed by atoms with Crippen molar-refractivity contribution in [1.82, 2.24) is 0 Å². The fourth-order valence-electron chi connectivity index (χ4n) is 3.93. The van der Waals surface area contributed by atoms with Crippen molar-refractivity contribution in [2.24, 2.45) is 17.8 Å². The lowest BCUT2D eigenvalue weighted by molar-refractivity contribution is -0.143. The summed E-state index contributed by atoms with van der Waals surface area (Å²) in [6.45, 7) is 1.90. The van der Waals surface area contributed by atoms with Crippen molar-refractivity contribution in [3.63, 3.8) is 0 Å². The molecule has 2 bridgehead atoms. The molecule has 3 rings (SSSR count). The number of fused-ring (bicyclic) bond motifs is 2. The highest BCUT2D eigenvalue weighted by Gasteiger charge is 2.51. The Morgan fingerprint density at radius 1 is 1.40 bits per heavy atom. The fourth-order valence-corrected chi connectivity index (χ4v) is 3.93. The van der Waals surface area contributed by atoms with E-state index < -0.39 is 5.97 Å². The summed E-state index contributed by atoms with van der Waals surface area (Å²) >= 11 is 0. The van der Waals surface area contributed by atoms with Gasteiger partial charge in [0.15, 0.2) is 0 Å². The molecule has 0 aromatic heterocycles. The maximum Gasteiger partial charge on any atom is 0.308 e. The summed E-state index contributed by atoms with van der Waals surface area (Å²) in [5.74, 6) is -0.156. The number of aryl methyl sites for hydroxylation is 1. The first-order valence-corrected chi connectivity index (χ1v) is 7.10. The molecule has 4 unspecified atom stereocenters. The molecule has 20 heavy (non-hydrogen) atoms. The average molecular weight is 270 g/mol. The van der Waals surface area contributed by atoms with Crippen LogP contribution in [0.3, 0.4) is 0 Å². The summed E-state index contributed by atoms with van der Waals surface area (Å²) in [7, 11) is 0. The van der Waals surface area contributed by atoms with Crippen molar-refractivity contribution in [3.05, 3.63) is 29.3 Å². The van der Waals surface area contributed by atoms with E-state index in [1.807, 2.05) is 19.1 Å². The van der Waals surface area contributed by atoms with Crippen LogP contribution >= 0.6 is 0 Å². The lowest BCUT2D eigenvalue weighted by atomic mass is 9.84. The Labute approximate surface area is 118 Å². The summed E-state index contributed by atoms with van der Waals surface area (Å²) in [6.07, 6.45) is 3.21. The zero-order valence-electron chi connectivity index (χ0n) is 11.5. The number of hydrogen-bond acceptors (Lipinski definition) is 3. The zero-order valence-corrected chi connectivity index (χ0v) is 11.5. The van der Waals surface area contributed by atoms with Crippen LogP contribution < -0.4 is 5.32 Å². The molecule has 4 heteroatoms. The van der Waals surface area contributed by atoms with E-state index in [-0.39, 0.29) is 12.0 Å². The molecule has 0 radical (unpaired) electrons. The number of nitrogens with one attached hydrogen (secondary N) is 1. The molecule has 2 fully saturated rings. The normalized spacial score (nSPS) is 31.0. The van der Waals surface area contributed by atoms with Gasteiger partial charge < -0.3 is 10.4 Å². The average Bonchev–Trinajstić information content (AvgIpc) is 2.99. The molecule has 0 heterocycles. The van der Waals surface area contributed by atoms with Crippen LogP contribution in [0.5, 0.6) is 0 Å². The highest BCUT2D eigenvalue weighted by Crippen LogP contribution is 2.49. The Morgan fingerprint density at radius 3 is 2.80 bits per heavy atom. The van der Waals surface area contributed by atoms with Gasteiger partial charge in [-0.15, -0.1) is 0 Å². The van der Waals surface area contributed by atoms with Gasteiger partial charge in [0.1, 0.15) is 0 Å². The molecule has 1 aromatic carbocycles. The minimum absolute atomic E-state index is 0.0265. The van der Waals surface area contributed by atoms with Gasteiger partial charge in [0.2, 0.25) is 0 Å². The number of nitrogens with zero attached hydrogens (tertiary/aromatic N) is 1. The Kier molecular flexibility index (Phi) is 3.13. The lowest BCUT2D eigenvalue weighted by Crippen LogP contribution is -2.39. The number of carboxylic acids is 1. The minimum atomic E-state index is -0.680. The predicted molar refractivity (Wildman–Crippen MR) is 75.3 cm³/mol. The highest BCUT2D eigenvalue weighted by molar-refractivity contribution is 5.73. The van der Waals surface area contributed by atoms with Crippen molar-refractivity contribution in [2.75, 3.05) is 5.32 Å². The number of nitriles is 1. The lowest BCUT2D eigenvalue weighted by Gasteiger charge is -2.29. The third-order valence-corrected chi connectivity index (χ3v) is 4.88. The van der Waals surface area contributed by atoms with Crippen LogP contribution in [0, 0.1) is 36.0 Å². The fraction of sp³-hybridized carbons (Fsp3) is 0.500. The van der Waals surface area contributed by atoms with Crippen molar-refractivity contribution in [3.8, 4) is 6.07 Å². The molecule has 104 valence electrons. The number of carbonyl (C=O) groups is 1. The maximum absolute atomic E-state index is 11.5. The van der Waals surface area contributed by atoms with Crippen LogP contribution in [0.1, 0.15) is 30.4 Å². The largest absolute Gasteiger partial charge is 0.481 e. The monoisotopic (exact) mass is 270 g/mol. The number of benzene rings is 1. The van der Waals surface area contributed by atoms with Crippen molar-refractivity contribution in [2.45, 2.75) is 32.2 Å². The van der Waals surface area contributed by atoms with Gasteiger partial charge in [-0.05, 0) is 61.8 Å². The highest BCUT2D eigenvalue weighted by atomic mass is 16.4. The standard InChI is InChI=1S/C16H18N2O2/c1-9-6-13(5-4-12(9)8-17)18-15-11-3-2-10(7-11)14(15)16(19)20/h4-6,10-11,14-15,18H,2-3,7H2,1H3,(H,19,20). The number of rotatable bonds is 3. The van der Waals surface area contributed by atoms with E-state index in [9.17, 15) is 9.90 Å². The van der Waals surface area contributed by atoms with Gasteiger partial charge >= 0.3 is 5.97 Å². The van der Waals surface area contributed by atoms with E-state index in [1.54, 1.807) is 6.07 Å². The Hall–Kier alpha value is -2.02. The molecule has 4 atom stereocenters. The van der Waals surface area contributed by atoms with Crippen LogP contribution in [-0.4, -0.2) is 17.1 Å². The van der Waals surface area contributed by atoms with Crippen molar-refractivity contribution < 1.29 is 9.90 Å². The van der Waals surface area contributed by atoms with Gasteiger partial charge in [-0.1, -0.05) is 0 Å². The number of carboxylic acid groups (broad SMARTS) is 1. The first-order valence-electron chi connectivity index (χ1n) is 7.10. The molecule has 2 saturated carbocycles. The van der Waals surface area contributed by atoms with Gasteiger partial charge in [0, 0.05) is 11.7 Å². The first kappa shape index (κ1) is 13.0. The molecule has 2 N–H and O–H groups in total. The van der Waals surface area contributed by atoms with Crippen molar-refractivity contribution >= 4 is 11.7 Å². The quantitative estimate of drug-likeness (QED) is 0.885. The smallest absolute Gasteiger partial charge is 0.308 e. The van der Waals surface area contributed by atoms with Crippen LogP contribution in [0.2, 0.25) is 0 Å². The molecule has 0 amide bonds. The molecular weight excluding hydrogens is 252 g/mol. The maximum atomic E-state index is 11.5. The van der Waals surface area contributed by atoms with Gasteiger partial charge in [-0.3, -0.25) is 4.79 Å². The molecule has 0 spiro atoms. The van der Waals surface area contributed by atoms with E-state index >= 15 is 0 Å². The molecule has 2 aliphatic rings. The third-order valence-electron chi connectivity index (χ3n) is 4.88. The van der Waals surface area contributed by atoms with Gasteiger partial charge in [-0.2, -0.15) is 5.26 Å². The molecule has 4 nitrogen and oxygen atoms in total. The van der Waals surface area contributed by atoms with Crippen molar-refractivity contribution in [1.29, 1.82) is 5.26 Å². The number of anilines is 1. The summed E-state index contributed by atoms with van der Waals surface area (Å²) in [5, 5.41) is 21.8. The van der Waals surface area contributed by atoms with Crippen LogP contribution in [0.4, 0.5) is 5.69 Å².